The number of halogens is 2. The van der Waals surface area contributed by atoms with Crippen molar-refractivity contribution in [2.24, 2.45) is 11.8 Å². The zero-order valence-corrected chi connectivity index (χ0v) is 17.4. The molecule has 0 saturated carbocycles. The Kier molecular flexibility index (Phi) is 4.59. The SMILES string of the molecule is COc1cc([C@@H]2c3cc4c(cc3[C@H](O)[C@H]3COC(=O)[C@@H]23)OC(F)(F)O4)cc(OC)c1OC. The van der Waals surface area contributed by atoms with Gasteiger partial charge >= 0.3 is 12.3 Å². The number of esters is 1. The van der Waals surface area contributed by atoms with E-state index in [1.165, 1.54) is 33.5 Å². The van der Waals surface area contributed by atoms with E-state index < -0.39 is 36.1 Å². The summed E-state index contributed by atoms with van der Waals surface area (Å²) < 4.78 is 58.1. The standard InChI is InChI=1S/C22H20F2O8/c1-27-15-4-9(5-16(28-2)20(15)29-3)17-10-6-13-14(32-22(23,24)31-13)7-11(10)19(25)12-8-30-21(26)18(12)17/h4-7,12,17-19,25H,8H2,1-3H3/t12-,17+,18+,19-/m0/s1. The van der Waals surface area contributed by atoms with Gasteiger partial charge in [0.15, 0.2) is 23.0 Å². The van der Waals surface area contributed by atoms with Crippen molar-refractivity contribution in [3.8, 4) is 28.7 Å². The minimum Gasteiger partial charge on any atom is -0.493 e. The van der Waals surface area contributed by atoms with Gasteiger partial charge < -0.3 is 33.5 Å². The Balaban J connectivity index is 1.73. The van der Waals surface area contributed by atoms with Crippen molar-refractivity contribution in [3.05, 3.63) is 41.0 Å². The maximum atomic E-state index is 13.7. The molecule has 5 rings (SSSR count). The highest BCUT2D eigenvalue weighted by atomic mass is 19.3. The van der Waals surface area contributed by atoms with Gasteiger partial charge in [0.1, 0.15) is 0 Å². The topological polar surface area (TPSA) is 92.7 Å². The van der Waals surface area contributed by atoms with Crippen LogP contribution in [0.3, 0.4) is 0 Å². The molecule has 1 saturated heterocycles. The number of hydrogen-bond donors (Lipinski definition) is 1. The Morgan fingerprint density at radius 1 is 0.969 bits per heavy atom. The number of fused-ring (bicyclic) bond motifs is 3. The summed E-state index contributed by atoms with van der Waals surface area (Å²) >= 11 is 0. The lowest BCUT2D eigenvalue weighted by atomic mass is 9.66. The first kappa shape index (κ1) is 20.6. The summed E-state index contributed by atoms with van der Waals surface area (Å²) in [6, 6.07) is 6.09. The van der Waals surface area contributed by atoms with E-state index in [1.54, 1.807) is 12.1 Å². The Morgan fingerprint density at radius 2 is 1.56 bits per heavy atom. The van der Waals surface area contributed by atoms with Crippen molar-refractivity contribution >= 4 is 5.97 Å². The molecule has 0 unspecified atom stereocenters. The lowest BCUT2D eigenvalue weighted by molar-refractivity contribution is -0.286. The predicted molar refractivity (Wildman–Crippen MR) is 103 cm³/mol. The molecule has 1 aliphatic carbocycles. The highest BCUT2D eigenvalue weighted by Crippen LogP contribution is 2.56. The highest BCUT2D eigenvalue weighted by Gasteiger charge is 2.53. The Bertz CT molecular complexity index is 1080. The van der Waals surface area contributed by atoms with Gasteiger partial charge in [0.25, 0.3) is 0 Å². The zero-order valence-electron chi connectivity index (χ0n) is 17.4. The number of rotatable bonds is 4. The number of aliphatic hydroxyl groups excluding tert-OH is 1. The number of alkyl halides is 2. The Labute approximate surface area is 181 Å². The zero-order chi connectivity index (χ0) is 22.8. The Morgan fingerprint density at radius 3 is 2.12 bits per heavy atom. The molecule has 0 spiro atoms. The molecule has 2 aromatic carbocycles. The number of cyclic esters (lactones) is 1. The van der Waals surface area contributed by atoms with Crippen LogP contribution in [-0.4, -0.2) is 45.3 Å². The third-order valence-electron chi connectivity index (χ3n) is 6.22. The van der Waals surface area contributed by atoms with Crippen LogP contribution in [0.25, 0.3) is 0 Å². The summed E-state index contributed by atoms with van der Waals surface area (Å²) in [5, 5.41) is 11.0. The minimum atomic E-state index is -3.81. The van der Waals surface area contributed by atoms with Crippen LogP contribution in [0.4, 0.5) is 8.78 Å². The molecule has 32 heavy (non-hydrogen) atoms. The molecule has 1 fully saturated rings. The third kappa shape index (κ3) is 2.93. The second-order valence-corrected chi connectivity index (χ2v) is 7.80. The molecule has 2 aromatic rings. The van der Waals surface area contributed by atoms with E-state index >= 15 is 0 Å². The van der Waals surface area contributed by atoms with E-state index in [0.29, 0.717) is 33.9 Å². The van der Waals surface area contributed by atoms with Gasteiger partial charge in [-0.05, 0) is 41.0 Å². The van der Waals surface area contributed by atoms with Crippen molar-refractivity contribution < 1.29 is 47.1 Å². The molecule has 10 heteroatoms. The molecular weight excluding hydrogens is 430 g/mol. The van der Waals surface area contributed by atoms with Crippen molar-refractivity contribution in [2.75, 3.05) is 27.9 Å². The lowest BCUT2D eigenvalue weighted by Gasteiger charge is -2.37. The van der Waals surface area contributed by atoms with Crippen molar-refractivity contribution in [1.29, 1.82) is 0 Å². The smallest absolute Gasteiger partial charge is 0.493 e. The second-order valence-electron chi connectivity index (χ2n) is 7.80. The molecule has 0 radical (unpaired) electrons. The van der Waals surface area contributed by atoms with Crippen LogP contribution in [0.1, 0.15) is 28.7 Å². The fourth-order valence-electron chi connectivity index (χ4n) is 4.87. The van der Waals surface area contributed by atoms with Crippen LogP contribution in [0.2, 0.25) is 0 Å². The molecule has 0 aromatic heterocycles. The maximum absolute atomic E-state index is 13.7. The van der Waals surface area contributed by atoms with Gasteiger partial charge in [0.2, 0.25) is 5.75 Å². The van der Waals surface area contributed by atoms with Gasteiger partial charge in [-0.2, -0.15) is 0 Å². The number of methoxy groups -OCH3 is 3. The van der Waals surface area contributed by atoms with Crippen LogP contribution in [0, 0.1) is 11.8 Å². The molecule has 170 valence electrons. The van der Waals surface area contributed by atoms with Crippen LogP contribution in [0.5, 0.6) is 28.7 Å². The molecule has 2 aliphatic heterocycles. The summed E-state index contributed by atoms with van der Waals surface area (Å²) in [6.07, 6.45) is -4.92. The lowest BCUT2D eigenvalue weighted by Crippen LogP contribution is -2.34. The molecule has 4 atom stereocenters. The summed E-state index contributed by atoms with van der Waals surface area (Å²) in [4.78, 5) is 12.7. The quantitative estimate of drug-likeness (QED) is 0.711. The number of hydrogen-bond acceptors (Lipinski definition) is 8. The molecular formula is C22H20F2O8. The first-order valence-corrected chi connectivity index (χ1v) is 9.86. The van der Waals surface area contributed by atoms with Crippen LogP contribution in [-0.2, 0) is 9.53 Å². The van der Waals surface area contributed by atoms with Gasteiger partial charge in [-0.1, -0.05) is 0 Å². The van der Waals surface area contributed by atoms with E-state index in [1.807, 2.05) is 0 Å². The normalized spacial score (nSPS) is 26.8. The monoisotopic (exact) mass is 450 g/mol. The molecule has 8 nitrogen and oxygen atoms in total. The fraction of sp³-hybridized carbons (Fsp3) is 0.409. The van der Waals surface area contributed by atoms with E-state index in [0.717, 1.165) is 0 Å². The molecule has 3 aliphatic rings. The van der Waals surface area contributed by atoms with Gasteiger partial charge in [0, 0.05) is 11.8 Å². The minimum absolute atomic E-state index is 0.00956. The van der Waals surface area contributed by atoms with Crippen LogP contribution in [0.15, 0.2) is 24.3 Å². The summed E-state index contributed by atoms with van der Waals surface area (Å²) in [5.74, 6) is -1.71. The highest BCUT2D eigenvalue weighted by molar-refractivity contribution is 5.79. The number of carbonyl (C=O) groups is 1. The van der Waals surface area contributed by atoms with Gasteiger partial charge in [-0.25, -0.2) is 0 Å². The summed E-state index contributed by atoms with van der Waals surface area (Å²) in [6.45, 7) is 0.00956. The largest absolute Gasteiger partial charge is 0.586 e. The molecule has 1 N–H and O–H groups in total. The summed E-state index contributed by atoms with van der Waals surface area (Å²) in [7, 11) is 4.40. The van der Waals surface area contributed by atoms with Gasteiger partial charge in [0.05, 0.1) is 40.0 Å². The number of carbonyl (C=O) groups excluding carboxylic acids is 1. The number of aliphatic hydroxyl groups is 1. The first-order chi connectivity index (χ1) is 15.3. The molecule has 2 heterocycles. The van der Waals surface area contributed by atoms with E-state index in [-0.39, 0.29) is 18.1 Å². The Hall–Kier alpha value is -3.27. The van der Waals surface area contributed by atoms with E-state index in [4.69, 9.17) is 18.9 Å². The van der Waals surface area contributed by atoms with Gasteiger partial charge in [-0.3, -0.25) is 4.79 Å². The fourth-order valence-corrected chi connectivity index (χ4v) is 4.87. The maximum Gasteiger partial charge on any atom is 0.586 e. The second kappa shape index (κ2) is 7.13. The average Bonchev–Trinajstić information content (AvgIpc) is 3.29. The van der Waals surface area contributed by atoms with E-state index in [2.05, 4.69) is 9.47 Å². The molecule has 0 amide bonds. The number of benzene rings is 2. The van der Waals surface area contributed by atoms with E-state index in [9.17, 15) is 18.7 Å². The van der Waals surface area contributed by atoms with Crippen molar-refractivity contribution in [3.63, 3.8) is 0 Å². The third-order valence-corrected chi connectivity index (χ3v) is 6.22. The predicted octanol–water partition coefficient (Wildman–Crippen LogP) is 3.00. The van der Waals surface area contributed by atoms with Crippen molar-refractivity contribution in [2.45, 2.75) is 18.3 Å². The number of ether oxygens (including phenoxy) is 6. The van der Waals surface area contributed by atoms with Gasteiger partial charge in [-0.15, -0.1) is 8.78 Å². The first-order valence-electron chi connectivity index (χ1n) is 9.86. The van der Waals surface area contributed by atoms with Crippen LogP contribution < -0.4 is 23.7 Å². The summed E-state index contributed by atoms with van der Waals surface area (Å²) in [5.41, 5.74) is 1.42. The molecule has 0 bridgehead atoms. The average molecular weight is 450 g/mol. The van der Waals surface area contributed by atoms with Crippen molar-refractivity contribution in [1.82, 2.24) is 0 Å². The van der Waals surface area contributed by atoms with Crippen LogP contribution >= 0.6 is 0 Å².